The predicted molar refractivity (Wildman–Crippen MR) is 70.9 cm³/mol. The number of alkyl halides is 3. The summed E-state index contributed by atoms with van der Waals surface area (Å²) in [6.45, 7) is 4.13. The van der Waals surface area contributed by atoms with Crippen LogP contribution in [0.4, 0.5) is 8.78 Å². The minimum absolute atomic E-state index is 0.273. The molecule has 6 heteroatoms. The smallest absolute Gasteiger partial charge is 0.218 e. The number of hydrogen-bond donors (Lipinski definition) is 0. The van der Waals surface area contributed by atoms with Gasteiger partial charge in [-0.05, 0) is 30.0 Å². The molecule has 0 heterocycles. The van der Waals surface area contributed by atoms with Gasteiger partial charge in [0.2, 0.25) is 9.84 Å². The summed E-state index contributed by atoms with van der Waals surface area (Å²) in [5, 5.41) is 0. The van der Waals surface area contributed by atoms with Crippen molar-refractivity contribution in [1.29, 1.82) is 0 Å². The summed E-state index contributed by atoms with van der Waals surface area (Å²) in [6.07, 6.45) is 0.729. The van der Waals surface area contributed by atoms with Gasteiger partial charge in [0.05, 0.1) is 4.90 Å². The summed E-state index contributed by atoms with van der Waals surface area (Å²) in [7, 11) is -4.48. The van der Waals surface area contributed by atoms with E-state index >= 15 is 0 Å². The quantitative estimate of drug-likeness (QED) is 0.766. The first-order chi connectivity index (χ1) is 8.25. The lowest BCUT2D eigenvalue weighted by Gasteiger charge is -2.13. The van der Waals surface area contributed by atoms with E-state index in [1.807, 2.05) is 0 Å². The largest absolute Gasteiger partial charge is 0.341 e. The summed E-state index contributed by atoms with van der Waals surface area (Å²) in [5.74, 6) is -2.93. The van der Waals surface area contributed by atoms with Crippen LogP contribution in [0.1, 0.15) is 19.4 Å². The Morgan fingerprint density at radius 2 is 1.67 bits per heavy atom. The van der Waals surface area contributed by atoms with Crippen LogP contribution < -0.4 is 0 Å². The third kappa shape index (κ3) is 3.75. The lowest BCUT2D eigenvalue weighted by atomic mass is 10.0. The van der Waals surface area contributed by atoms with E-state index in [2.05, 4.69) is 29.8 Å². The molecule has 18 heavy (non-hydrogen) atoms. The third-order valence-corrected chi connectivity index (χ3v) is 5.42. The van der Waals surface area contributed by atoms with Crippen LogP contribution in [0, 0.1) is 5.92 Å². The number of hydrogen-bond acceptors (Lipinski definition) is 2. The van der Waals surface area contributed by atoms with Gasteiger partial charge < -0.3 is 0 Å². The highest BCUT2D eigenvalue weighted by molar-refractivity contribution is 9.09. The first-order valence-corrected chi connectivity index (χ1v) is 7.96. The number of halogens is 3. The molecule has 0 amide bonds. The third-order valence-electron chi connectivity index (χ3n) is 2.64. The second kappa shape index (κ2) is 6.10. The minimum atomic E-state index is -4.48. The second-order valence-electron chi connectivity index (χ2n) is 4.41. The van der Waals surface area contributed by atoms with E-state index in [0.29, 0.717) is 5.92 Å². The highest BCUT2D eigenvalue weighted by Gasteiger charge is 2.26. The summed E-state index contributed by atoms with van der Waals surface area (Å²) < 4.78 is 47.1. The van der Waals surface area contributed by atoms with Crippen LogP contribution in [-0.2, 0) is 16.3 Å². The molecule has 0 aliphatic rings. The van der Waals surface area contributed by atoms with Gasteiger partial charge in [0.15, 0.2) is 0 Å². The van der Waals surface area contributed by atoms with Gasteiger partial charge in [0.1, 0.15) is 0 Å². The van der Waals surface area contributed by atoms with E-state index in [1.54, 1.807) is 12.1 Å². The van der Waals surface area contributed by atoms with Crippen molar-refractivity contribution in [2.24, 2.45) is 5.92 Å². The van der Waals surface area contributed by atoms with Crippen LogP contribution in [0.5, 0.6) is 0 Å². The Kier molecular flexibility index (Phi) is 5.28. The topological polar surface area (TPSA) is 34.1 Å². The van der Waals surface area contributed by atoms with Crippen molar-refractivity contribution in [3.05, 3.63) is 29.8 Å². The maximum absolute atomic E-state index is 12.3. The highest BCUT2D eigenvalue weighted by atomic mass is 79.9. The Bertz CT molecular complexity index is 483. The van der Waals surface area contributed by atoms with Crippen LogP contribution in [-0.4, -0.2) is 19.0 Å². The van der Waals surface area contributed by atoms with Gasteiger partial charge >= 0.3 is 5.76 Å². The molecule has 0 fully saturated rings. The van der Waals surface area contributed by atoms with Crippen LogP contribution in [0.25, 0.3) is 0 Å². The zero-order valence-corrected chi connectivity index (χ0v) is 12.5. The van der Waals surface area contributed by atoms with Crippen molar-refractivity contribution in [1.82, 2.24) is 0 Å². The van der Waals surface area contributed by atoms with Crippen LogP contribution >= 0.6 is 15.9 Å². The van der Waals surface area contributed by atoms with Crippen molar-refractivity contribution in [3.8, 4) is 0 Å². The van der Waals surface area contributed by atoms with Crippen molar-refractivity contribution < 1.29 is 17.2 Å². The van der Waals surface area contributed by atoms with Gasteiger partial charge in [-0.1, -0.05) is 41.9 Å². The number of sulfone groups is 1. The summed E-state index contributed by atoms with van der Waals surface area (Å²) >= 11 is 3.52. The van der Waals surface area contributed by atoms with Crippen LogP contribution in [0.3, 0.4) is 0 Å². The summed E-state index contributed by atoms with van der Waals surface area (Å²) in [4.78, 5) is -0.0630. The SMILES string of the molecule is CC(C)C(Br)Cc1ccc(S(=O)(=O)C(F)F)cc1. The standard InChI is InChI=1S/C12H15BrF2O2S/c1-8(2)11(13)7-9-3-5-10(6-4-9)18(16,17)12(14)15/h3-6,8,11-12H,7H2,1-2H3. The molecular formula is C12H15BrF2O2S. The first-order valence-electron chi connectivity index (χ1n) is 5.50. The molecule has 0 saturated heterocycles. The van der Waals surface area contributed by atoms with E-state index in [9.17, 15) is 17.2 Å². The molecule has 1 unspecified atom stereocenters. The summed E-state index contributed by atoms with van der Waals surface area (Å²) in [6, 6.07) is 5.62. The van der Waals surface area contributed by atoms with E-state index in [1.165, 1.54) is 12.1 Å². The Hall–Kier alpha value is -0.490. The summed E-state index contributed by atoms with van der Waals surface area (Å²) in [5.41, 5.74) is 0.916. The predicted octanol–water partition coefficient (Wildman–Crippen LogP) is 3.64. The normalized spacial score (nSPS) is 14.2. The molecule has 1 aromatic rings. The van der Waals surface area contributed by atoms with Gasteiger partial charge in [-0.3, -0.25) is 0 Å². The molecule has 0 radical (unpaired) electrons. The van der Waals surface area contributed by atoms with Gasteiger partial charge in [0.25, 0.3) is 0 Å². The van der Waals surface area contributed by atoms with Crippen molar-refractivity contribution in [2.45, 2.75) is 35.7 Å². The minimum Gasteiger partial charge on any atom is -0.218 e. The molecule has 0 saturated carbocycles. The van der Waals surface area contributed by atoms with Crippen LogP contribution in [0.15, 0.2) is 29.2 Å². The maximum Gasteiger partial charge on any atom is 0.341 e. The maximum atomic E-state index is 12.3. The fraction of sp³-hybridized carbons (Fsp3) is 0.500. The van der Waals surface area contributed by atoms with Gasteiger partial charge in [-0.15, -0.1) is 0 Å². The average molecular weight is 341 g/mol. The van der Waals surface area contributed by atoms with Gasteiger partial charge in [-0.25, -0.2) is 8.42 Å². The van der Waals surface area contributed by atoms with Crippen molar-refractivity contribution >= 4 is 25.8 Å². The Labute approximate surface area is 114 Å². The van der Waals surface area contributed by atoms with E-state index in [0.717, 1.165) is 12.0 Å². The monoisotopic (exact) mass is 340 g/mol. The number of rotatable bonds is 5. The molecule has 102 valence electrons. The van der Waals surface area contributed by atoms with E-state index < -0.39 is 15.6 Å². The second-order valence-corrected chi connectivity index (χ2v) is 7.51. The lowest BCUT2D eigenvalue weighted by molar-refractivity contribution is 0.234. The van der Waals surface area contributed by atoms with Gasteiger partial charge in [-0.2, -0.15) is 8.78 Å². The van der Waals surface area contributed by atoms with Crippen molar-refractivity contribution in [3.63, 3.8) is 0 Å². The zero-order valence-electron chi connectivity index (χ0n) is 10.1. The molecule has 1 aromatic carbocycles. The lowest BCUT2D eigenvalue weighted by Crippen LogP contribution is -2.12. The first kappa shape index (κ1) is 15.6. The molecule has 0 spiro atoms. The molecule has 0 N–H and O–H groups in total. The van der Waals surface area contributed by atoms with Crippen molar-refractivity contribution in [2.75, 3.05) is 0 Å². The Balaban J connectivity index is 2.88. The molecule has 0 aliphatic heterocycles. The zero-order chi connectivity index (χ0) is 13.9. The fourth-order valence-electron chi connectivity index (χ4n) is 1.38. The average Bonchev–Trinajstić information content (AvgIpc) is 2.29. The van der Waals surface area contributed by atoms with Gasteiger partial charge in [0, 0.05) is 4.83 Å². The Morgan fingerprint density at radius 3 is 2.06 bits per heavy atom. The molecule has 0 aromatic heterocycles. The number of benzene rings is 1. The molecule has 1 rings (SSSR count). The molecule has 1 atom stereocenters. The molecule has 0 bridgehead atoms. The van der Waals surface area contributed by atoms with E-state index in [-0.39, 0.29) is 9.72 Å². The molecule has 0 aliphatic carbocycles. The highest BCUT2D eigenvalue weighted by Crippen LogP contribution is 2.21. The van der Waals surface area contributed by atoms with E-state index in [4.69, 9.17) is 0 Å². The molecular weight excluding hydrogens is 326 g/mol. The Morgan fingerprint density at radius 1 is 1.17 bits per heavy atom. The molecule has 2 nitrogen and oxygen atoms in total. The van der Waals surface area contributed by atoms with Crippen LogP contribution in [0.2, 0.25) is 0 Å². The fourth-order valence-corrected chi connectivity index (χ4v) is 2.47.